The average molecular weight is 303 g/mol. The Morgan fingerprint density at radius 3 is 1.43 bits per heavy atom. The van der Waals surface area contributed by atoms with Crippen molar-refractivity contribution >= 4 is 34.8 Å². The number of hydrogen-bond acceptors (Lipinski definition) is 3. The van der Waals surface area contributed by atoms with E-state index in [9.17, 15) is 27.6 Å². The fourth-order valence-corrected chi connectivity index (χ4v) is 1.45. The van der Waals surface area contributed by atoms with Crippen molar-refractivity contribution in [2.45, 2.75) is 20.0 Å². The number of alkyl halides is 3. The van der Waals surface area contributed by atoms with Crippen molar-refractivity contribution in [1.29, 1.82) is 0 Å². The zero-order valence-electron chi connectivity index (χ0n) is 11.1. The maximum absolute atomic E-state index is 12.2. The molecule has 0 spiro atoms. The van der Waals surface area contributed by atoms with Crippen molar-refractivity contribution < 1.29 is 27.6 Å². The van der Waals surface area contributed by atoms with Gasteiger partial charge in [-0.15, -0.1) is 0 Å². The fourth-order valence-electron chi connectivity index (χ4n) is 1.45. The summed E-state index contributed by atoms with van der Waals surface area (Å²) in [4.78, 5) is 32.8. The van der Waals surface area contributed by atoms with Gasteiger partial charge in [0.15, 0.2) is 0 Å². The number of rotatable bonds is 3. The first-order chi connectivity index (χ1) is 9.57. The van der Waals surface area contributed by atoms with Crippen LogP contribution in [0.3, 0.4) is 0 Å². The summed E-state index contributed by atoms with van der Waals surface area (Å²) in [7, 11) is 0. The van der Waals surface area contributed by atoms with Gasteiger partial charge in [0.1, 0.15) is 0 Å². The molecular formula is C12H12F3N3O3. The van der Waals surface area contributed by atoms with E-state index in [0.29, 0.717) is 0 Å². The molecule has 0 aliphatic heterocycles. The van der Waals surface area contributed by atoms with E-state index in [4.69, 9.17) is 0 Å². The molecule has 1 aromatic carbocycles. The quantitative estimate of drug-likeness (QED) is 0.799. The minimum absolute atomic E-state index is 0.131. The summed E-state index contributed by atoms with van der Waals surface area (Å²) in [6, 6.07) is 3.61. The molecule has 6 nitrogen and oxygen atoms in total. The third-order valence-electron chi connectivity index (χ3n) is 2.09. The number of hydrogen-bond donors (Lipinski definition) is 3. The fraction of sp³-hybridized carbons (Fsp3) is 0.250. The molecule has 0 radical (unpaired) electrons. The molecule has 0 unspecified atom stereocenters. The predicted molar refractivity (Wildman–Crippen MR) is 69.7 cm³/mol. The van der Waals surface area contributed by atoms with E-state index in [-0.39, 0.29) is 17.1 Å². The van der Waals surface area contributed by atoms with Gasteiger partial charge in [-0.25, -0.2) is 0 Å². The molecular weight excluding hydrogens is 291 g/mol. The average Bonchev–Trinajstić information content (AvgIpc) is 2.24. The van der Waals surface area contributed by atoms with Crippen LogP contribution in [0.25, 0.3) is 0 Å². The van der Waals surface area contributed by atoms with Gasteiger partial charge in [-0.05, 0) is 18.2 Å². The van der Waals surface area contributed by atoms with Crippen molar-refractivity contribution in [3.8, 4) is 0 Å². The molecule has 0 aliphatic rings. The van der Waals surface area contributed by atoms with Crippen molar-refractivity contribution in [2.75, 3.05) is 16.0 Å². The monoisotopic (exact) mass is 303 g/mol. The predicted octanol–water partition coefficient (Wildman–Crippen LogP) is 2.10. The molecule has 0 fully saturated rings. The number of amides is 3. The highest BCUT2D eigenvalue weighted by Crippen LogP contribution is 2.25. The Hall–Kier alpha value is -2.58. The Morgan fingerprint density at radius 1 is 0.810 bits per heavy atom. The van der Waals surface area contributed by atoms with Crippen LogP contribution >= 0.6 is 0 Å². The van der Waals surface area contributed by atoms with Crippen molar-refractivity contribution in [2.24, 2.45) is 0 Å². The summed E-state index contributed by atoms with van der Waals surface area (Å²) < 4.78 is 36.6. The largest absolute Gasteiger partial charge is 0.471 e. The van der Waals surface area contributed by atoms with Crippen LogP contribution in [0.1, 0.15) is 13.8 Å². The summed E-state index contributed by atoms with van der Waals surface area (Å²) in [6.45, 7) is 2.41. The lowest BCUT2D eigenvalue weighted by Gasteiger charge is -2.12. The van der Waals surface area contributed by atoms with E-state index >= 15 is 0 Å². The van der Waals surface area contributed by atoms with Crippen LogP contribution in [0.2, 0.25) is 0 Å². The molecule has 0 saturated carbocycles. The SMILES string of the molecule is CC(=O)Nc1cc(NC(C)=O)cc(NC(=O)C(F)(F)F)c1. The molecule has 114 valence electrons. The first-order valence-corrected chi connectivity index (χ1v) is 5.66. The van der Waals surface area contributed by atoms with Crippen molar-refractivity contribution in [3.63, 3.8) is 0 Å². The minimum atomic E-state index is -5.04. The van der Waals surface area contributed by atoms with Gasteiger partial charge in [-0.3, -0.25) is 14.4 Å². The highest BCUT2D eigenvalue weighted by Gasteiger charge is 2.38. The van der Waals surface area contributed by atoms with E-state index in [1.54, 1.807) is 5.32 Å². The molecule has 3 N–H and O–H groups in total. The van der Waals surface area contributed by atoms with Gasteiger partial charge in [-0.2, -0.15) is 13.2 Å². The maximum Gasteiger partial charge on any atom is 0.471 e. The van der Waals surface area contributed by atoms with Gasteiger partial charge >= 0.3 is 12.1 Å². The second-order valence-corrected chi connectivity index (χ2v) is 4.11. The molecule has 0 heterocycles. The first kappa shape index (κ1) is 16.5. The standard InChI is InChI=1S/C12H12F3N3O3/c1-6(19)16-8-3-9(17-7(2)20)5-10(4-8)18-11(21)12(13,14)15/h3-5H,1-2H3,(H,16,19)(H,17,20)(H,18,21). The van der Waals surface area contributed by atoms with Gasteiger partial charge in [0.2, 0.25) is 11.8 Å². The minimum Gasteiger partial charge on any atom is -0.326 e. The van der Waals surface area contributed by atoms with Crippen LogP contribution in [0, 0.1) is 0 Å². The Kier molecular flexibility index (Phi) is 4.90. The first-order valence-electron chi connectivity index (χ1n) is 5.66. The number of benzene rings is 1. The molecule has 0 atom stereocenters. The van der Waals surface area contributed by atoms with Gasteiger partial charge in [0.05, 0.1) is 0 Å². The molecule has 0 aromatic heterocycles. The van der Waals surface area contributed by atoms with Crippen LogP contribution in [-0.2, 0) is 14.4 Å². The van der Waals surface area contributed by atoms with E-state index in [2.05, 4.69) is 10.6 Å². The summed E-state index contributed by atoms with van der Waals surface area (Å²) in [5.41, 5.74) is 0.0461. The molecule has 0 saturated heterocycles. The summed E-state index contributed by atoms with van der Waals surface area (Å²) in [5.74, 6) is -3.07. The molecule has 9 heteroatoms. The van der Waals surface area contributed by atoms with Gasteiger partial charge < -0.3 is 16.0 Å². The lowest BCUT2D eigenvalue weighted by Crippen LogP contribution is -2.30. The third kappa shape index (κ3) is 5.51. The normalized spacial score (nSPS) is 10.7. The zero-order valence-corrected chi connectivity index (χ0v) is 11.1. The number of halogens is 3. The van der Waals surface area contributed by atoms with Crippen LogP contribution < -0.4 is 16.0 Å². The lowest BCUT2D eigenvalue weighted by molar-refractivity contribution is -0.167. The van der Waals surface area contributed by atoms with E-state index in [0.717, 1.165) is 12.1 Å². The second kappa shape index (κ2) is 6.25. The number of carbonyl (C=O) groups is 3. The van der Waals surface area contributed by atoms with Crippen LogP contribution in [0.5, 0.6) is 0 Å². The summed E-state index contributed by atoms with van der Waals surface area (Å²) in [6.07, 6.45) is -5.04. The van der Waals surface area contributed by atoms with Crippen LogP contribution in [0.4, 0.5) is 30.2 Å². The zero-order chi connectivity index (χ0) is 16.2. The van der Waals surface area contributed by atoms with E-state index in [1.165, 1.54) is 19.9 Å². The Labute approximate surface area is 117 Å². The topological polar surface area (TPSA) is 87.3 Å². The lowest BCUT2D eigenvalue weighted by atomic mass is 10.2. The van der Waals surface area contributed by atoms with E-state index < -0.39 is 23.9 Å². The molecule has 0 aliphatic carbocycles. The Balaban J connectivity index is 3.09. The summed E-state index contributed by atoms with van der Waals surface area (Å²) in [5, 5.41) is 6.34. The van der Waals surface area contributed by atoms with Gasteiger partial charge in [0.25, 0.3) is 0 Å². The van der Waals surface area contributed by atoms with Crippen LogP contribution in [-0.4, -0.2) is 23.9 Å². The second-order valence-electron chi connectivity index (χ2n) is 4.11. The van der Waals surface area contributed by atoms with E-state index in [1.807, 2.05) is 0 Å². The molecule has 1 rings (SSSR count). The molecule has 21 heavy (non-hydrogen) atoms. The maximum atomic E-state index is 12.2. The number of carbonyl (C=O) groups excluding carboxylic acids is 3. The third-order valence-corrected chi connectivity index (χ3v) is 2.09. The molecule has 0 bridgehead atoms. The Bertz CT molecular complexity index is 551. The number of anilines is 3. The van der Waals surface area contributed by atoms with Gasteiger partial charge in [0, 0.05) is 30.9 Å². The highest BCUT2D eigenvalue weighted by atomic mass is 19.4. The van der Waals surface area contributed by atoms with Crippen molar-refractivity contribution in [1.82, 2.24) is 0 Å². The smallest absolute Gasteiger partial charge is 0.326 e. The molecule has 3 amide bonds. The molecule has 1 aromatic rings. The van der Waals surface area contributed by atoms with Crippen molar-refractivity contribution in [3.05, 3.63) is 18.2 Å². The Morgan fingerprint density at radius 2 is 1.14 bits per heavy atom. The number of nitrogens with one attached hydrogen (secondary N) is 3. The highest BCUT2D eigenvalue weighted by molar-refractivity contribution is 5.98. The summed E-state index contributed by atoms with van der Waals surface area (Å²) >= 11 is 0. The van der Waals surface area contributed by atoms with Crippen LogP contribution in [0.15, 0.2) is 18.2 Å². The van der Waals surface area contributed by atoms with Gasteiger partial charge in [-0.1, -0.05) is 0 Å².